The number of amides is 1. The summed E-state index contributed by atoms with van der Waals surface area (Å²) in [6, 6.07) is 3.25. The molecule has 0 spiro atoms. The number of hydrogen-bond acceptors (Lipinski definition) is 7. The van der Waals surface area contributed by atoms with Gasteiger partial charge in [-0.15, -0.1) is 11.3 Å². The van der Waals surface area contributed by atoms with Crippen molar-refractivity contribution in [2.75, 3.05) is 26.2 Å². The summed E-state index contributed by atoms with van der Waals surface area (Å²) in [5.74, 6) is -1.35. The first-order chi connectivity index (χ1) is 13.7. The van der Waals surface area contributed by atoms with Crippen LogP contribution in [-0.4, -0.2) is 74.0 Å². The molecule has 0 aromatic carbocycles. The fraction of sp³-hybridized carbons (Fsp3) is 0.684. The minimum absolute atomic E-state index is 0.0695. The highest BCUT2D eigenvalue weighted by Crippen LogP contribution is 2.27. The summed E-state index contributed by atoms with van der Waals surface area (Å²) in [5, 5.41) is 1.71. The Bertz CT molecular complexity index is 816. The second-order valence-corrected chi connectivity index (χ2v) is 10.8. The molecule has 162 valence electrons. The Labute approximate surface area is 175 Å². The van der Waals surface area contributed by atoms with Gasteiger partial charge in [0.05, 0.1) is 18.1 Å². The summed E-state index contributed by atoms with van der Waals surface area (Å²) in [7, 11) is -3.60. The Morgan fingerprint density at radius 3 is 2.55 bits per heavy atom. The topological polar surface area (TPSA) is 93.2 Å². The largest absolute Gasteiger partial charge is 0.452 e. The lowest BCUT2D eigenvalue weighted by atomic mass is 10.00. The van der Waals surface area contributed by atoms with Crippen LogP contribution < -0.4 is 0 Å². The molecule has 0 N–H and O–H groups in total. The maximum absolute atomic E-state index is 12.7. The fourth-order valence-corrected chi connectivity index (χ4v) is 6.49. The number of thiophene rings is 1. The van der Waals surface area contributed by atoms with Crippen LogP contribution in [0, 0.1) is 5.92 Å². The van der Waals surface area contributed by atoms with Crippen LogP contribution in [0.4, 0.5) is 0 Å². The van der Waals surface area contributed by atoms with E-state index >= 15 is 0 Å². The van der Waals surface area contributed by atoms with Crippen molar-refractivity contribution in [3.8, 4) is 0 Å². The number of nitrogens with zero attached hydrogens (tertiary/aromatic N) is 2. The highest BCUT2D eigenvalue weighted by Gasteiger charge is 2.36. The zero-order valence-electron chi connectivity index (χ0n) is 16.9. The predicted molar refractivity (Wildman–Crippen MR) is 108 cm³/mol. The molecule has 2 saturated heterocycles. The predicted octanol–water partition coefficient (Wildman–Crippen LogP) is 1.72. The molecule has 2 aliphatic rings. The Morgan fingerprint density at radius 2 is 1.93 bits per heavy atom. The average molecular weight is 445 g/mol. The summed E-state index contributed by atoms with van der Waals surface area (Å²) in [4.78, 5) is 27.0. The molecule has 10 heteroatoms. The van der Waals surface area contributed by atoms with Gasteiger partial charge in [0.25, 0.3) is 15.9 Å². The van der Waals surface area contributed by atoms with Crippen LogP contribution in [0.2, 0.25) is 0 Å². The van der Waals surface area contributed by atoms with E-state index in [-0.39, 0.29) is 28.9 Å². The zero-order valence-corrected chi connectivity index (χ0v) is 18.6. The summed E-state index contributed by atoms with van der Waals surface area (Å²) in [5.41, 5.74) is 0. The van der Waals surface area contributed by atoms with Crippen molar-refractivity contribution in [2.45, 2.75) is 56.1 Å². The first-order valence-corrected chi connectivity index (χ1v) is 12.2. The van der Waals surface area contributed by atoms with E-state index in [4.69, 9.17) is 9.47 Å². The Morgan fingerprint density at radius 1 is 1.24 bits per heavy atom. The third-order valence-corrected chi connectivity index (χ3v) is 8.42. The number of ether oxygens (including phenoxy) is 2. The molecule has 1 aromatic rings. The third kappa shape index (κ3) is 5.17. The number of morpholine rings is 1. The van der Waals surface area contributed by atoms with Crippen molar-refractivity contribution in [1.29, 1.82) is 0 Å². The van der Waals surface area contributed by atoms with Crippen molar-refractivity contribution in [1.82, 2.24) is 9.21 Å². The molecule has 0 bridgehead atoms. The molecule has 1 amide bonds. The highest BCUT2D eigenvalue weighted by atomic mass is 32.2. The lowest BCUT2D eigenvalue weighted by Gasteiger charge is -2.36. The van der Waals surface area contributed by atoms with E-state index in [1.54, 1.807) is 29.3 Å². The molecule has 0 aliphatic carbocycles. The number of piperidine rings is 1. The van der Waals surface area contributed by atoms with Crippen molar-refractivity contribution in [3.63, 3.8) is 0 Å². The van der Waals surface area contributed by atoms with Gasteiger partial charge in [-0.1, -0.05) is 6.07 Å². The van der Waals surface area contributed by atoms with Gasteiger partial charge < -0.3 is 14.4 Å². The number of esters is 1. The van der Waals surface area contributed by atoms with Gasteiger partial charge in [0.1, 0.15) is 4.21 Å². The van der Waals surface area contributed by atoms with Crippen molar-refractivity contribution >= 4 is 33.2 Å². The normalized spacial score (nSPS) is 27.4. The van der Waals surface area contributed by atoms with Gasteiger partial charge in [-0.05, 0) is 45.1 Å². The number of carbonyl (C=O) groups excluding carboxylic acids is 2. The van der Waals surface area contributed by atoms with Crippen molar-refractivity contribution < 1.29 is 27.5 Å². The van der Waals surface area contributed by atoms with E-state index in [9.17, 15) is 18.0 Å². The number of carbonyl (C=O) groups is 2. The fourth-order valence-electron chi connectivity index (χ4n) is 3.83. The maximum atomic E-state index is 12.7. The van der Waals surface area contributed by atoms with Crippen LogP contribution in [0.3, 0.4) is 0 Å². The molecular formula is C19H28N2O6S2. The summed E-state index contributed by atoms with van der Waals surface area (Å²) in [6.07, 6.45) is 0.0664. The van der Waals surface area contributed by atoms with Gasteiger partial charge >= 0.3 is 5.97 Å². The van der Waals surface area contributed by atoms with Crippen LogP contribution in [0.15, 0.2) is 21.7 Å². The van der Waals surface area contributed by atoms with Gasteiger partial charge in [0, 0.05) is 26.2 Å². The van der Waals surface area contributed by atoms with Crippen molar-refractivity contribution in [2.24, 2.45) is 5.92 Å². The van der Waals surface area contributed by atoms with Gasteiger partial charge in [-0.25, -0.2) is 8.42 Å². The molecule has 8 nitrogen and oxygen atoms in total. The average Bonchev–Trinajstić information content (AvgIpc) is 3.22. The van der Waals surface area contributed by atoms with Crippen LogP contribution in [-0.2, 0) is 29.1 Å². The summed E-state index contributed by atoms with van der Waals surface area (Å²) in [6.45, 7) is 6.73. The molecule has 3 heterocycles. The second-order valence-electron chi connectivity index (χ2n) is 7.71. The Balaban J connectivity index is 1.59. The van der Waals surface area contributed by atoms with E-state index in [1.165, 1.54) is 4.31 Å². The van der Waals surface area contributed by atoms with Gasteiger partial charge in [-0.3, -0.25) is 9.59 Å². The molecule has 2 aliphatic heterocycles. The van der Waals surface area contributed by atoms with E-state index in [0.29, 0.717) is 32.5 Å². The second kappa shape index (κ2) is 9.11. The molecule has 29 heavy (non-hydrogen) atoms. The maximum Gasteiger partial charge on any atom is 0.311 e. The third-order valence-electron chi connectivity index (χ3n) is 5.18. The van der Waals surface area contributed by atoms with Crippen LogP contribution >= 0.6 is 11.3 Å². The minimum atomic E-state index is -3.60. The van der Waals surface area contributed by atoms with Crippen LogP contribution in [0.1, 0.15) is 33.6 Å². The van der Waals surface area contributed by atoms with E-state index in [2.05, 4.69) is 0 Å². The van der Waals surface area contributed by atoms with Gasteiger partial charge in [0.2, 0.25) is 0 Å². The van der Waals surface area contributed by atoms with Gasteiger partial charge in [-0.2, -0.15) is 4.31 Å². The zero-order chi connectivity index (χ0) is 21.2. The quantitative estimate of drug-likeness (QED) is 0.642. The van der Waals surface area contributed by atoms with E-state index in [0.717, 1.165) is 11.3 Å². The Hall–Kier alpha value is -1.49. The molecule has 3 rings (SSSR count). The molecular weight excluding hydrogens is 416 g/mol. The summed E-state index contributed by atoms with van der Waals surface area (Å²) >= 11 is 1.16. The first kappa shape index (κ1) is 22.2. The van der Waals surface area contributed by atoms with Gasteiger partial charge in [0.15, 0.2) is 6.10 Å². The minimum Gasteiger partial charge on any atom is -0.452 e. The standard InChI is InChI=1S/C19H28N2O6S2/c1-13-10-20(11-14(2)26-13)18(22)15(3)27-19(23)16-6-4-8-21(12-16)29(24,25)17-7-5-9-28-17/h5,7,9,13-16H,4,6,8,10-12H2,1-3H3. The number of rotatable bonds is 5. The molecule has 0 saturated carbocycles. The molecule has 2 fully saturated rings. The van der Waals surface area contributed by atoms with Crippen LogP contribution in [0.5, 0.6) is 0 Å². The molecule has 0 radical (unpaired) electrons. The van der Waals surface area contributed by atoms with E-state index in [1.807, 2.05) is 13.8 Å². The van der Waals surface area contributed by atoms with Crippen molar-refractivity contribution in [3.05, 3.63) is 17.5 Å². The molecule has 4 atom stereocenters. The SMILES string of the molecule is CC1CN(C(=O)C(C)OC(=O)C2CCCN(S(=O)(=O)c3cccs3)C2)CC(C)O1. The van der Waals surface area contributed by atoms with Crippen LogP contribution in [0.25, 0.3) is 0 Å². The summed E-state index contributed by atoms with van der Waals surface area (Å²) < 4.78 is 38.1. The van der Waals surface area contributed by atoms with E-state index < -0.39 is 28.0 Å². The molecule has 1 aromatic heterocycles. The monoisotopic (exact) mass is 444 g/mol. The smallest absolute Gasteiger partial charge is 0.311 e. The highest BCUT2D eigenvalue weighted by molar-refractivity contribution is 7.91. The lowest BCUT2D eigenvalue weighted by molar-refractivity contribution is -0.167. The lowest BCUT2D eigenvalue weighted by Crippen LogP contribution is -2.52. The number of sulfonamides is 1. The Kier molecular flexibility index (Phi) is 6.98. The number of hydrogen-bond donors (Lipinski definition) is 0. The first-order valence-electron chi connectivity index (χ1n) is 9.87. The molecule has 4 unspecified atom stereocenters.